The molecule has 0 aromatic heterocycles. The second-order valence-electron chi connectivity index (χ2n) is 6.53. The average Bonchev–Trinajstić information content (AvgIpc) is 2.61. The molecule has 0 unspecified atom stereocenters. The van der Waals surface area contributed by atoms with Crippen LogP contribution in [0.3, 0.4) is 0 Å². The van der Waals surface area contributed by atoms with E-state index in [-0.39, 0.29) is 24.4 Å². The number of carbonyl (C=O) groups is 2. The summed E-state index contributed by atoms with van der Waals surface area (Å²) in [5.41, 5.74) is 1.93. The molecule has 1 fully saturated rings. The van der Waals surface area contributed by atoms with Crippen molar-refractivity contribution in [3.8, 4) is 0 Å². The van der Waals surface area contributed by atoms with Crippen molar-refractivity contribution in [2.45, 2.75) is 45.6 Å². The van der Waals surface area contributed by atoms with Gasteiger partial charge in [-0.2, -0.15) is 0 Å². The van der Waals surface area contributed by atoms with Crippen molar-refractivity contribution >= 4 is 17.5 Å². The summed E-state index contributed by atoms with van der Waals surface area (Å²) in [5.74, 6) is -0.145. The van der Waals surface area contributed by atoms with Gasteiger partial charge in [0.25, 0.3) is 0 Å². The van der Waals surface area contributed by atoms with Gasteiger partial charge in [0.1, 0.15) is 0 Å². The number of rotatable bonds is 6. The molecule has 1 aliphatic heterocycles. The lowest BCUT2D eigenvalue weighted by Gasteiger charge is -2.33. The Hall–Kier alpha value is -1.88. The monoisotopic (exact) mass is 331 g/mol. The van der Waals surface area contributed by atoms with Gasteiger partial charge in [-0.25, -0.2) is 0 Å². The van der Waals surface area contributed by atoms with Gasteiger partial charge < -0.3 is 10.2 Å². The normalized spacial score (nSPS) is 16.5. The molecular weight excluding hydrogens is 302 g/mol. The third kappa shape index (κ3) is 4.81. The first-order chi connectivity index (χ1) is 11.5. The molecule has 5 nitrogen and oxygen atoms in total. The highest BCUT2D eigenvalue weighted by Crippen LogP contribution is 2.16. The third-order valence-electron chi connectivity index (χ3n) is 4.73. The van der Waals surface area contributed by atoms with Crippen molar-refractivity contribution in [3.05, 3.63) is 29.8 Å². The number of hydrogen-bond acceptors (Lipinski definition) is 3. The van der Waals surface area contributed by atoms with Gasteiger partial charge in [-0.3, -0.25) is 14.5 Å². The second-order valence-corrected chi connectivity index (χ2v) is 6.53. The lowest BCUT2D eigenvalue weighted by molar-refractivity contribution is -0.138. The molecule has 1 heterocycles. The van der Waals surface area contributed by atoms with Crippen molar-refractivity contribution in [2.75, 3.05) is 32.0 Å². The van der Waals surface area contributed by atoms with Crippen LogP contribution in [0.25, 0.3) is 0 Å². The summed E-state index contributed by atoms with van der Waals surface area (Å²) in [6.07, 6.45) is 4.40. The van der Waals surface area contributed by atoms with Gasteiger partial charge in [0, 0.05) is 12.7 Å². The van der Waals surface area contributed by atoms with Gasteiger partial charge in [0.15, 0.2) is 0 Å². The molecule has 1 aliphatic rings. The summed E-state index contributed by atoms with van der Waals surface area (Å²) < 4.78 is 0. The van der Waals surface area contributed by atoms with Gasteiger partial charge in [0.05, 0.1) is 12.6 Å². The lowest BCUT2D eigenvalue weighted by Crippen LogP contribution is -2.49. The minimum atomic E-state index is -0.161. The summed E-state index contributed by atoms with van der Waals surface area (Å²) in [7, 11) is 1.70. The van der Waals surface area contributed by atoms with Crippen LogP contribution in [-0.2, 0) is 16.0 Å². The average molecular weight is 331 g/mol. The number of carbonyl (C=O) groups excluding carboxylic acids is 2. The lowest BCUT2D eigenvalue weighted by atomic mass is 10.1. The Morgan fingerprint density at radius 3 is 2.54 bits per heavy atom. The van der Waals surface area contributed by atoms with Gasteiger partial charge in [-0.1, -0.05) is 31.5 Å². The summed E-state index contributed by atoms with van der Waals surface area (Å²) in [5, 5.41) is 2.92. The Kier molecular flexibility index (Phi) is 6.79. The molecule has 1 N–H and O–H groups in total. The van der Waals surface area contributed by atoms with E-state index < -0.39 is 0 Å². The van der Waals surface area contributed by atoms with Crippen LogP contribution in [0.5, 0.6) is 0 Å². The van der Waals surface area contributed by atoms with Crippen molar-refractivity contribution in [1.29, 1.82) is 0 Å². The van der Waals surface area contributed by atoms with Gasteiger partial charge in [-0.15, -0.1) is 0 Å². The quantitative estimate of drug-likeness (QED) is 0.871. The van der Waals surface area contributed by atoms with E-state index in [0.717, 1.165) is 43.6 Å². The van der Waals surface area contributed by atoms with Crippen LogP contribution in [0.15, 0.2) is 24.3 Å². The van der Waals surface area contributed by atoms with E-state index in [4.69, 9.17) is 0 Å². The highest BCUT2D eigenvalue weighted by Gasteiger charge is 2.26. The van der Waals surface area contributed by atoms with Crippen molar-refractivity contribution in [2.24, 2.45) is 0 Å². The van der Waals surface area contributed by atoms with Gasteiger partial charge in [0.2, 0.25) is 11.8 Å². The number of nitrogens with one attached hydrogen (secondary N) is 1. The first-order valence-corrected chi connectivity index (χ1v) is 8.89. The zero-order valence-corrected chi connectivity index (χ0v) is 15.0. The molecule has 1 saturated heterocycles. The Morgan fingerprint density at radius 2 is 1.88 bits per heavy atom. The largest absolute Gasteiger partial charge is 0.335 e. The fourth-order valence-electron chi connectivity index (χ4n) is 3.21. The molecule has 0 spiro atoms. The summed E-state index contributed by atoms with van der Waals surface area (Å²) in [6, 6.07) is 7.61. The van der Waals surface area contributed by atoms with E-state index in [2.05, 4.69) is 17.1 Å². The first kappa shape index (κ1) is 18.5. The van der Waals surface area contributed by atoms with Gasteiger partial charge in [-0.05, 0) is 50.9 Å². The molecule has 24 heavy (non-hydrogen) atoms. The zero-order chi connectivity index (χ0) is 17.5. The SMILES string of the molecule is CCc1ccccc1NC(=O)CN(C)C(=O)[C@H](C)N1CCCCC1. The molecule has 0 radical (unpaired) electrons. The molecule has 5 heteroatoms. The fourth-order valence-corrected chi connectivity index (χ4v) is 3.21. The van der Waals surface area contributed by atoms with Crippen LogP contribution in [0.1, 0.15) is 38.7 Å². The van der Waals surface area contributed by atoms with Crippen LogP contribution in [-0.4, -0.2) is 54.3 Å². The first-order valence-electron chi connectivity index (χ1n) is 8.89. The van der Waals surface area contributed by atoms with Crippen LogP contribution >= 0.6 is 0 Å². The number of piperidine rings is 1. The number of amides is 2. The van der Waals surface area contributed by atoms with Crippen molar-refractivity contribution in [3.63, 3.8) is 0 Å². The summed E-state index contributed by atoms with van der Waals surface area (Å²) in [6.45, 7) is 6.01. The minimum absolute atomic E-state index is 0.0100. The van der Waals surface area contributed by atoms with E-state index in [0.29, 0.717) is 0 Å². The predicted octanol–water partition coefficient (Wildman–Crippen LogP) is 2.52. The number of likely N-dealkylation sites (tertiary alicyclic amines) is 1. The maximum absolute atomic E-state index is 12.6. The van der Waals surface area contributed by atoms with Crippen LogP contribution in [0, 0.1) is 0 Å². The Morgan fingerprint density at radius 1 is 1.21 bits per heavy atom. The predicted molar refractivity (Wildman–Crippen MR) is 97.0 cm³/mol. The Balaban J connectivity index is 1.89. The standard InChI is InChI=1S/C19H29N3O2/c1-4-16-10-6-7-11-17(16)20-18(23)14-21(3)19(24)15(2)22-12-8-5-9-13-22/h6-7,10-11,15H,4-5,8-9,12-14H2,1-3H3,(H,20,23)/t15-/m0/s1. The summed E-state index contributed by atoms with van der Waals surface area (Å²) in [4.78, 5) is 28.6. The number of anilines is 1. The Bertz CT molecular complexity index is 567. The Labute approximate surface area is 145 Å². The number of nitrogens with zero attached hydrogens (tertiary/aromatic N) is 2. The highest BCUT2D eigenvalue weighted by molar-refractivity contribution is 5.95. The molecule has 0 bridgehead atoms. The zero-order valence-electron chi connectivity index (χ0n) is 15.0. The van der Waals surface area contributed by atoms with E-state index in [9.17, 15) is 9.59 Å². The van der Waals surface area contributed by atoms with E-state index in [1.54, 1.807) is 7.05 Å². The van der Waals surface area contributed by atoms with Crippen LogP contribution in [0.4, 0.5) is 5.69 Å². The molecule has 2 amide bonds. The molecule has 1 atom stereocenters. The number of aryl methyl sites for hydroxylation is 1. The van der Waals surface area contributed by atoms with E-state index >= 15 is 0 Å². The maximum atomic E-state index is 12.6. The third-order valence-corrected chi connectivity index (χ3v) is 4.73. The van der Waals surface area contributed by atoms with Gasteiger partial charge >= 0.3 is 0 Å². The maximum Gasteiger partial charge on any atom is 0.243 e. The number of benzene rings is 1. The second kappa shape index (κ2) is 8.83. The topological polar surface area (TPSA) is 52.7 Å². The molecule has 2 rings (SSSR count). The molecule has 0 saturated carbocycles. The molecule has 1 aromatic carbocycles. The summed E-state index contributed by atoms with van der Waals surface area (Å²) >= 11 is 0. The highest BCUT2D eigenvalue weighted by atomic mass is 16.2. The smallest absolute Gasteiger partial charge is 0.243 e. The van der Waals surface area contributed by atoms with Crippen LogP contribution < -0.4 is 5.32 Å². The molecule has 132 valence electrons. The number of para-hydroxylation sites is 1. The van der Waals surface area contributed by atoms with E-state index in [1.807, 2.05) is 31.2 Å². The molecule has 1 aromatic rings. The molecular formula is C19H29N3O2. The minimum Gasteiger partial charge on any atom is -0.335 e. The van der Waals surface area contributed by atoms with Crippen molar-refractivity contribution in [1.82, 2.24) is 9.80 Å². The van der Waals surface area contributed by atoms with E-state index in [1.165, 1.54) is 11.3 Å². The number of likely N-dealkylation sites (N-methyl/N-ethyl adjacent to an activating group) is 1. The molecule has 0 aliphatic carbocycles. The van der Waals surface area contributed by atoms with Crippen LogP contribution in [0.2, 0.25) is 0 Å². The fraction of sp³-hybridized carbons (Fsp3) is 0.579. The number of hydrogen-bond donors (Lipinski definition) is 1. The van der Waals surface area contributed by atoms with Crippen molar-refractivity contribution < 1.29 is 9.59 Å².